The number of phenolic OH excluding ortho intramolecular Hbond substituents is 2. The molecule has 7 nitrogen and oxygen atoms in total. The molecule has 1 saturated heterocycles. The molecule has 1 heterocycles. The number of benzene rings is 2. The summed E-state index contributed by atoms with van der Waals surface area (Å²) in [6, 6.07) is 8.55. The molecule has 0 aliphatic carbocycles. The fraction of sp³-hybridized carbons (Fsp3) is 0.381. The number of cyclic esters (lactones) is 1. The standard InChI is InChI=1S/C21H24O7/c1-25-17-8-12(4-5-16(17)22)6-14-11-28-21(24)15(14)7-13-9-18(26-2)20(23)19(10-13)27-3/h4-5,8-10,14-15,22-23H,6-7,11H2,1-3H3/t14-,15+/m0/s1. The van der Waals surface area contributed by atoms with Gasteiger partial charge in [-0.2, -0.15) is 0 Å². The summed E-state index contributed by atoms with van der Waals surface area (Å²) >= 11 is 0. The Kier molecular flexibility index (Phi) is 5.82. The number of hydrogen-bond donors (Lipinski definition) is 2. The lowest BCUT2D eigenvalue weighted by Crippen LogP contribution is -2.20. The van der Waals surface area contributed by atoms with E-state index in [1.54, 1.807) is 24.3 Å². The van der Waals surface area contributed by atoms with Crippen LogP contribution < -0.4 is 14.2 Å². The number of ether oxygens (including phenoxy) is 4. The van der Waals surface area contributed by atoms with E-state index in [4.69, 9.17) is 18.9 Å². The first-order valence-electron chi connectivity index (χ1n) is 8.93. The highest BCUT2D eigenvalue weighted by molar-refractivity contribution is 5.75. The molecule has 2 atom stereocenters. The van der Waals surface area contributed by atoms with Crippen molar-refractivity contribution in [2.24, 2.45) is 11.8 Å². The van der Waals surface area contributed by atoms with Gasteiger partial charge >= 0.3 is 5.97 Å². The van der Waals surface area contributed by atoms with E-state index in [1.807, 2.05) is 6.07 Å². The van der Waals surface area contributed by atoms with Crippen molar-refractivity contribution in [3.05, 3.63) is 41.5 Å². The predicted molar refractivity (Wildman–Crippen MR) is 101 cm³/mol. The van der Waals surface area contributed by atoms with Crippen LogP contribution in [0.1, 0.15) is 11.1 Å². The molecule has 150 valence electrons. The third-order valence-corrected chi connectivity index (χ3v) is 5.05. The zero-order chi connectivity index (χ0) is 20.3. The predicted octanol–water partition coefficient (Wildman–Crippen LogP) is 2.70. The number of aromatic hydroxyl groups is 2. The summed E-state index contributed by atoms with van der Waals surface area (Å²) in [4.78, 5) is 12.3. The maximum absolute atomic E-state index is 12.3. The minimum Gasteiger partial charge on any atom is -0.504 e. The molecule has 0 unspecified atom stereocenters. The third kappa shape index (κ3) is 3.93. The summed E-state index contributed by atoms with van der Waals surface area (Å²) in [5.41, 5.74) is 1.76. The summed E-state index contributed by atoms with van der Waals surface area (Å²) < 4.78 is 20.9. The SMILES string of the molecule is COc1cc(C[C@H]2COC(=O)[C@@H]2Cc2cc(OC)c(O)c(OC)c2)ccc1O. The van der Waals surface area contributed by atoms with E-state index >= 15 is 0 Å². The number of carbonyl (C=O) groups excluding carboxylic acids is 1. The second-order valence-corrected chi connectivity index (χ2v) is 6.76. The van der Waals surface area contributed by atoms with Crippen LogP contribution in [0.5, 0.6) is 28.7 Å². The Hall–Kier alpha value is -3.09. The number of carbonyl (C=O) groups is 1. The molecule has 2 N–H and O–H groups in total. The molecule has 0 aromatic heterocycles. The van der Waals surface area contributed by atoms with Crippen molar-refractivity contribution in [2.75, 3.05) is 27.9 Å². The van der Waals surface area contributed by atoms with Crippen molar-refractivity contribution in [3.63, 3.8) is 0 Å². The molecule has 1 aliphatic rings. The van der Waals surface area contributed by atoms with Crippen molar-refractivity contribution in [3.8, 4) is 28.7 Å². The Balaban J connectivity index is 1.81. The summed E-state index contributed by atoms with van der Waals surface area (Å²) in [6.07, 6.45) is 1.05. The number of rotatable bonds is 7. The molecule has 7 heteroatoms. The van der Waals surface area contributed by atoms with Gasteiger partial charge in [-0.25, -0.2) is 0 Å². The average Bonchev–Trinajstić information content (AvgIpc) is 3.03. The maximum atomic E-state index is 12.3. The molecule has 2 aromatic carbocycles. The molecule has 1 fully saturated rings. The minimum atomic E-state index is -0.334. The van der Waals surface area contributed by atoms with Crippen molar-refractivity contribution >= 4 is 5.97 Å². The molecular formula is C21H24O7. The molecule has 1 aliphatic heterocycles. The van der Waals surface area contributed by atoms with Gasteiger partial charge < -0.3 is 29.2 Å². The molecule has 2 aromatic rings. The molecule has 3 rings (SSSR count). The van der Waals surface area contributed by atoms with Crippen LogP contribution in [0.15, 0.2) is 30.3 Å². The highest BCUT2D eigenvalue weighted by Gasteiger charge is 2.37. The summed E-state index contributed by atoms with van der Waals surface area (Å²) in [5, 5.41) is 19.8. The highest BCUT2D eigenvalue weighted by Crippen LogP contribution is 2.39. The van der Waals surface area contributed by atoms with Gasteiger partial charge in [0, 0.05) is 5.92 Å². The van der Waals surface area contributed by atoms with Crippen LogP contribution in [0.25, 0.3) is 0 Å². The molecule has 0 amide bonds. The fourth-order valence-corrected chi connectivity index (χ4v) is 3.53. The fourth-order valence-electron chi connectivity index (χ4n) is 3.53. The molecule has 0 radical (unpaired) electrons. The van der Waals surface area contributed by atoms with Crippen LogP contribution in [0, 0.1) is 11.8 Å². The van der Waals surface area contributed by atoms with Crippen molar-refractivity contribution in [1.29, 1.82) is 0 Å². The molecule has 0 bridgehead atoms. The average molecular weight is 388 g/mol. The summed E-state index contributed by atoms with van der Waals surface area (Å²) in [6.45, 7) is 0.332. The van der Waals surface area contributed by atoms with E-state index in [9.17, 15) is 15.0 Å². The zero-order valence-electron chi connectivity index (χ0n) is 16.1. The van der Waals surface area contributed by atoms with Gasteiger partial charge in [-0.1, -0.05) is 6.07 Å². The smallest absolute Gasteiger partial charge is 0.309 e. The van der Waals surface area contributed by atoms with E-state index in [2.05, 4.69) is 0 Å². The monoisotopic (exact) mass is 388 g/mol. The Labute approximate surface area is 163 Å². The van der Waals surface area contributed by atoms with Crippen LogP contribution in [0.3, 0.4) is 0 Å². The van der Waals surface area contributed by atoms with Gasteiger partial charge in [0.2, 0.25) is 5.75 Å². The van der Waals surface area contributed by atoms with Crippen LogP contribution in [0.4, 0.5) is 0 Å². The lowest BCUT2D eigenvalue weighted by molar-refractivity contribution is -0.141. The molecule has 28 heavy (non-hydrogen) atoms. The summed E-state index contributed by atoms with van der Waals surface area (Å²) in [7, 11) is 4.42. The van der Waals surface area contributed by atoms with E-state index in [0.717, 1.165) is 11.1 Å². The van der Waals surface area contributed by atoms with Crippen LogP contribution in [-0.2, 0) is 22.4 Å². The van der Waals surface area contributed by atoms with E-state index < -0.39 is 0 Å². The highest BCUT2D eigenvalue weighted by atomic mass is 16.5. The lowest BCUT2D eigenvalue weighted by atomic mass is 9.85. The van der Waals surface area contributed by atoms with Gasteiger partial charge in [0.15, 0.2) is 23.0 Å². The third-order valence-electron chi connectivity index (χ3n) is 5.05. The van der Waals surface area contributed by atoms with E-state index in [-0.39, 0.29) is 29.3 Å². The maximum Gasteiger partial charge on any atom is 0.309 e. The molecule has 0 spiro atoms. The Bertz CT molecular complexity index is 837. The van der Waals surface area contributed by atoms with Gasteiger partial charge in [0.1, 0.15) is 0 Å². The van der Waals surface area contributed by atoms with Crippen molar-refractivity contribution in [2.45, 2.75) is 12.8 Å². The Morgan fingerprint density at radius 2 is 1.54 bits per heavy atom. The largest absolute Gasteiger partial charge is 0.504 e. The first-order chi connectivity index (χ1) is 13.5. The quantitative estimate of drug-likeness (QED) is 0.704. The van der Waals surface area contributed by atoms with Gasteiger partial charge in [0.05, 0.1) is 33.9 Å². The van der Waals surface area contributed by atoms with Gasteiger partial charge in [-0.3, -0.25) is 4.79 Å². The summed E-state index contributed by atoms with van der Waals surface area (Å²) in [5.74, 6) is 0.377. The van der Waals surface area contributed by atoms with E-state index in [0.29, 0.717) is 36.7 Å². The minimum absolute atomic E-state index is 0.0208. The Morgan fingerprint density at radius 3 is 2.14 bits per heavy atom. The van der Waals surface area contributed by atoms with E-state index in [1.165, 1.54) is 21.3 Å². The van der Waals surface area contributed by atoms with Crippen LogP contribution in [-0.4, -0.2) is 44.1 Å². The molecule has 0 saturated carbocycles. The lowest BCUT2D eigenvalue weighted by Gasteiger charge is -2.17. The van der Waals surface area contributed by atoms with Crippen molar-refractivity contribution in [1.82, 2.24) is 0 Å². The normalized spacial score (nSPS) is 18.6. The Morgan fingerprint density at radius 1 is 0.929 bits per heavy atom. The number of phenols is 2. The topological polar surface area (TPSA) is 94.5 Å². The molecular weight excluding hydrogens is 364 g/mol. The van der Waals surface area contributed by atoms with Crippen molar-refractivity contribution < 1.29 is 34.0 Å². The first kappa shape index (κ1) is 19.7. The number of hydrogen-bond acceptors (Lipinski definition) is 7. The van der Waals surface area contributed by atoms with Crippen LogP contribution in [0.2, 0.25) is 0 Å². The number of esters is 1. The van der Waals surface area contributed by atoms with Gasteiger partial charge in [0.25, 0.3) is 0 Å². The first-order valence-corrected chi connectivity index (χ1v) is 8.93. The van der Waals surface area contributed by atoms with Crippen LogP contribution >= 0.6 is 0 Å². The van der Waals surface area contributed by atoms with Gasteiger partial charge in [-0.15, -0.1) is 0 Å². The second-order valence-electron chi connectivity index (χ2n) is 6.76. The number of methoxy groups -OCH3 is 3. The zero-order valence-corrected chi connectivity index (χ0v) is 16.1. The second kappa shape index (κ2) is 8.29. The van der Waals surface area contributed by atoms with Gasteiger partial charge in [-0.05, 0) is 48.2 Å².